The molecule has 0 amide bonds. The summed E-state index contributed by atoms with van der Waals surface area (Å²) in [5, 5.41) is 11.6. The molecule has 0 aliphatic carbocycles. The number of nitrogens with zero attached hydrogens (tertiary/aromatic N) is 3. The van der Waals surface area contributed by atoms with Crippen LogP contribution in [0.2, 0.25) is 0 Å². The molecule has 11 aromatic rings. The highest BCUT2D eigenvalue weighted by atomic mass is 32.1. The van der Waals surface area contributed by atoms with Gasteiger partial charge in [-0.05, 0) is 92.1 Å². The van der Waals surface area contributed by atoms with Crippen molar-refractivity contribution in [1.82, 2.24) is 0 Å². The van der Waals surface area contributed by atoms with E-state index in [1.165, 1.54) is 41.9 Å². The van der Waals surface area contributed by atoms with E-state index in [2.05, 4.69) is 157 Å². The van der Waals surface area contributed by atoms with Crippen LogP contribution in [0.5, 0.6) is 0 Å². The minimum absolute atomic E-state index is 0.467. The Balaban J connectivity index is 1.08. The molecule has 0 aliphatic rings. The van der Waals surface area contributed by atoms with Crippen LogP contribution in [0.4, 0.5) is 0 Å². The average molecular weight is 748 g/mol. The first kappa shape index (κ1) is 33.2. The van der Waals surface area contributed by atoms with Crippen molar-refractivity contribution >= 4 is 104 Å². The molecular weight excluding hydrogens is 715 g/mol. The average Bonchev–Trinajstić information content (AvgIpc) is 3.85. The van der Waals surface area contributed by atoms with E-state index in [-0.39, 0.29) is 0 Å². The minimum atomic E-state index is 0.467. The first-order valence-corrected chi connectivity index (χ1v) is 19.9. The van der Waals surface area contributed by atoms with E-state index in [4.69, 9.17) is 14.4 Å². The second-order valence-corrected chi connectivity index (χ2v) is 15.4. The van der Waals surface area contributed by atoms with Crippen LogP contribution < -0.4 is 0 Å². The molecule has 0 saturated heterocycles. The Morgan fingerprint density at radius 1 is 0.491 bits per heavy atom. The molecule has 0 aliphatic heterocycles. The zero-order valence-electron chi connectivity index (χ0n) is 30.8. The molecule has 0 N–H and O–H groups in total. The Morgan fingerprint density at radius 2 is 1.21 bits per heavy atom. The molecule has 0 atom stereocenters. The van der Waals surface area contributed by atoms with Crippen LogP contribution in [-0.2, 0) is 6.54 Å². The van der Waals surface area contributed by atoms with Gasteiger partial charge in [0, 0.05) is 42.1 Å². The van der Waals surface area contributed by atoms with Crippen molar-refractivity contribution in [1.29, 1.82) is 0 Å². The molecule has 5 heteroatoms. The molecule has 0 saturated carbocycles. The third kappa shape index (κ3) is 5.55. The van der Waals surface area contributed by atoms with Crippen molar-refractivity contribution in [2.45, 2.75) is 6.54 Å². The number of hydrogen-bond donors (Lipinski definition) is 0. The van der Waals surface area contributed by atoms with Crippen molar-refractivity contribution in [3.05, 3.63) is 193 Å². The van der Waals surface area contributed by atoms with E-state index in [1.807, 2.05) is 41.7 Å². The maximum absolute atomic E-state index is 6.65. The fourth-order valence-corrected chi connectivity index (χ4v) is 9.62. The van der Waals surface area contributed by atoms with Gasteiger partial charge in [0.1, 0.15) is 11.2 Å². The van der Waals surface area contributed by atoms with E-state index in [0.29, 0.717) is 18.2 Å². The summed E-state index contributed by atoms with van der Waals surface area (Å²) in [6.45, 7) is 4.51. The van der Waals surface area contributed by atoms with Gasteiger partial charge in [-0.25, -0.2) is 9.98 Å². The topological polar surface area (TPSA) is 50.2 Å². The molecule has 268 valence electrons. The van der Waals surface area contributed by atoms with Crippen molar-refractivity contribution < 1.29 is 4.42 Å². The monoisotopic (exact) mass is 747 g/mol. The van der Waals surface area contributed by atoms with Gasteiger partial charge in [-0.15, -0.1) is 11.3 Å². The molecule has 0 radical (unpaired) electrons. The fourth-order valence-electron chi connectivity index (χ4n) is 8.46. The van der Waals surface area contributed by atoms with E-state index in [9.17, 15) is 0 Å². The molecule has 57 heavy (non-hydrogen) atoms. The van der Waals surface area contributed by atoms with E-state index < -0.39 is 0 Å². The molecule has 0 fully saturated rings. The third-order valence-corrected chi connectivity index (χ3v) is 12.2. The van der Waals surface area contributed by atoms with Gasteiger partial charge in [0.05, 0.1) is 6.54 Å². The molecule has 0 bridgehead atoms. The number of furan rings is 1. The standard InChI is InChI=1S/C52H33N3OS/c1-53-51(55-52(54-31-32-14-3-2-4-15-32)44-28-33-16-5-6-17-35(33)36-18-7-8-19-37(36)44)42-23-13-24-45-49(42)40-27-26-34(29-46(40)56-45)43-30-48-50(39-21-10-9-20-38(39)43)41-22-11-12-25-47(41)57-48/h2-30H,1,31H2. The van der Waals surface area contributed by atoms with Gasteiger partial charge < -0.3 is 4.42 Å². The van der Waals surface area contributed by atoms with Crippen LogP contribution in [0.3, 0.4) is 0 Å². The lowest BCUT2D eigenvalue weighted by Gasteiger charge is -2.12. The first-order valence-electron chi connectivity index (χ1n) is 19.1. The Bertz CT molecular complexity index is 3460. The Morgan fingerprint density at radius 3 is 2.05 bits per heavy atom. The highest BCUT2D eigenvalue weighted by Crippen LogP contribution is 2.44. The van der Waals surface area contributed by atoms with Crippen LogP contribution in [0.1, 0.15) is 16.7 Å². The summed E-state index contributed by atoms with van der Waals surface area (Å²) in [4.78, 5) is 15.1. The highest BCUT2D eigenvalue weighted by molar-refractivity contribution is 7.26. The van der Waals surface area contributed by atoms with Gasteiger partial charge in [-0.1, -0.05) is 140 Å². The summed E-state index contributed by atoms with van der Waals surface area (Å²) in [6, 6.07) is 61.8. The smallest absolute Gasteiger partial charge is 0.161 e. The van der Waals surface area contributed by atoms with Gasteiger partial charge in [0.2, 0.25) is 0 Å². The minimum Gasteiger partial charge on any atom is -0.456 e. The van der Waals surface area contributed by atoms with Gasteiger partial charge in [0.25, 0.3) is 0 Å². The van der Waals surface area contributed by atoms with Gasteiger partial charge in [-0.2, -0.15) is 0 Å². The summed E-state index contributed by atoms with van der Waals surface area (Å²) in [7, 11) is 0. The molecule has 0 unspecified atom stereocenters. The largest absolute Gasteiger partial charge is 0.456 e. The zero-order valence-corrected chi connectivity index (χ0v) is 31.6. The fraction of sp³-hybridized carbons (Fsp3) is 0.0192. The molecule has 11 rings (SSSR count). The Labute approximate surface area is 332 Å². The maximum Gasteiger partial charge on any atom is 0.161 e. The van der Waals surface area contributed by atoms with Crippen LogP contribution >= 0.6 is 11.3 Å². The molecule has 2 aromatic heterocycles. The van der Waals surface area contributed by atoms with Gasteiger partial charge in [0.15, 0.2) is 11.7 Å². The van der Waals surface area contributed by atoms with Crippen molar-refractivity contribution in [3.8, 4) is 11.1 Å². The van der Waals surface area contributed by atoms with Gasteiger partial charge >= 0.3 is 0 Å². The van der Waals surface area contributed by atoms with E-state index >= 15 is 0 Å². The van der Waals surface area contributed by atoms with Crippen LogP contribution in [0.15, 0.2) is 195 Å². The lowest BCUT2D eigenvalue weighted by molar-refractivity contribution is 0.669. The summed E-state index contributed by atoms with van der Waals surface area (Å²) >= 11 is 1.84. The predicted molar refractivity (Wildman–Crippen MR) is 244 cm³/mol. The Hall–Kier alpha value is -7.21. The second-order valence-electron chi connectivity index (χ2n) is 14.3. The number of fused-ring (bicyclic) bond motifs is 11. The van der Waals surface area contributed by atoms with Gasteiger partial charge in [-0.3, -0.25) is 4.99 Å². The quantitative estimate of drug-likeness (QED) is 0.0982. The van der Waals surface area contributed by atoms with E-state index in [1.54, 1.807) is 0 Å². The summed E-state index contributed by atoms with van der Waals surface area (Å²) in [5.74, 6) is 1.08. The number of aliphatic imine (C=N–C) groups is 3. The lowest BCUT2D eigenvalue weighted by Crippen LogP contribution is -2.07. The number of benzene rings is 9. The van der Waals surface area contributed by atoms with Crippen LogP contribution in [-0.4, -0.2) is 18.4 Å². The molecular formula is C52H33N3OS. The maximum atomic E-state index is 6.65. The van der Waals surface area contributed by atoms with E-state index in [0.717, 1.165) is 60.4 Å². The van der Waals surface area contributed by atoms with Crippen molar-refractivity contribution in [2.24, 2.45) is 15.0 Å². The molecule has 9 aromatic carbocycles. The molecule has 2 heterocycles. The normalized spacial score (nSPS) is 12.6. The summed E-state index contributed by atoms with van der Waals surface area (Å²) in [5.41, 5.74) is 6.73. The Kier molecular flexibility index (Phi) is 7.86. The van der Waals surface area contributed by atoms with Crippen LogP contribution in [0.25, 0.3) is 85.6 Å². The first-order chi connectivity index (χ1) is 28.2. The predicted octanol–water partition coefficient (Wildman–Crippen LogP) is 14.2. The number of thiophene rings is 1. The van der Waals surface area contributed by atoms with Crippen molar-refractivity contribution in [3.63, 3.8) is 0 Å². The second kappa shape index (κ2) is 13.5. The SMILES string of the molecule is C=NC(=NC(=NCc1ccccc1)c1cc2ccccc2c2ccccc12)c1cccc2oc3cc(-c4cc5sc6ccccc6c5c5ccccc45)ccc3c12. The number of amidine groups is 2. The highest BCUT2D eigenvalue weighted by Gasteiger charge is 2.19. The number of rotatable bonds is 5. The number of hydrogen-bond acceptors (Lipinski definition) is 3. The van der Waals surface area contributed by atoms with Crippen molar-refractivity contribution in [2.75, 3.05) is 0 Å². The zero-order chi connectivity index (χ0) is 37.9. The third-order valence-electron chi connectivity index (χ3n) is 11.1. The molecule has 0 spiro atoms. The summed E-state index contributed by atoms with van der Waals surface area (Å²) in [6.07, 6.45) is 0. The molecule has 4 nitrogen and oxygen atoms in total. The van der Waals surface area contributed by atoms with Crippen LogP contribution in [0, 0.1) is 0 Å². The lowest BCUT2D eigenvalue weighted by atomic mass is 9.94. The summed E-state index contributed by atoms with van der Waals surface area (Å²) < 4.78 is 9.23.